The lowest BCUT2D eigenvalue weighted by Gasteiger charge is -1.98. The molecule has 1 aromatic heterocycles. The second kappa shape index (κ2) is 5.86. The average Bonchev–Trinajstić information content (AvgIpc) is 2.20. The molecule has 0 aliphatic rings. The Morgan fingerprint density at radius 3 is 2.81 bits per heavy atom. The van der Waals surface area contributed by atoms with E-state index in [-0.39, 0.29) is 11.4 Å². The van der Waals surface area contributed by atoms with Crippen LogP contribution >= 0.6 is 0 Å². The van der Waals surface area contributed by atoms with E-state index in [1.807, 2.05) is 6.92 Å². The van der Waals surface area contributed by atoms with Crippen molar-refractivity contribution in [3.63, 3.8) is 0 Å². The van der Waals surface area contributed by atoms with E-state index in [0.29, 0.717) is 19.8 Å². The van der Waals surface area contributed by atoms with Gasteiger partial charge >= 0.3 is 5.69 Å². The molecule has 7 nitrogen and oxygen atoms in total. The molecule has 0 saturated carbocycles. The summed E-state index contributed by atoms with van der Waals surface area (Å²) < 4.78 is 5.06. The molecule has 0 unspecified atom stereocenters. The first-order valence-electron chi connectivity index (χ1n) is 4.84. The molecule has 0 aromatic carbocycles. The number of hydrogen-bond donors (Lipinski definition) is 3. The number of nitrogens with two attached hydrogens (primary N) is 1. The zero-order valence-electron chi connectivity index (χ0n) is 8.95. The van der Waals surface area contributed by atoms with Crippen molar-refractivity contribution >= 4 is 12.0 Å². The Bertz CT molecular complexity index is 474. The molecule has 0 fully saturated rings. The van der Waals surface area contributed by atoms with Gasteiger partial charge in [-0.25, -0.2) is 4.79 Å². The molecule has 0 bridgehead atoms. The Balaban J connectivity index is 2.74. The van der Waals surface area contributed by atoms with Crippen LogP contribution in [0.15, 0.2) is 14.6 Å². The molecule has 7 heteroatoms. The van der Waals surface area contributed by atoms with Gasteiger partial charge < -0.3 is 10.5 Å². The molecule has 1 heterocycles. The van der Waals surface area contributed by atoms with Gasteiger partial charge in [0.05, 0.1) is 18.7 Å². The fourth-order valence-electron chi connectivity index (χ4n) is 1.06. The lowest BCUT2D eigenvalue weighted by Crippen LogP contribution is -2.27. The molecule has 0 aliphatic carbocycles. The maximum Gasteiger partial charge on any atom is 0.327 e. The Morgan fingerprint density at radius 1 is 1.44 bits per heavy atom. The standard InChI is InChI=1S/C9H14N4O3/c1-2-16-4-3-11-5-6-7(10)12-9(15)13-8(6)14/h5H,2-4H2,1H3,(H4,10,12,13,14,15). The highest BCUT2D eigenvalue weighted by molar-refractivity contribution is 5.84. The predicted octanol–water partition coefficient (Wildman–Crippen LogP) is -0.899. The quantitative estimate of drug-likeness (QED) is 0.446. The maximum atomic E-state index is 11.3. The van der Waals surface area contributed by atoms with Crippen LogP contribution in [0.5, 0.6) is 0 Å². The van der Waals surface area contributed by atoms with Crippen LogP contribution in [0, 0.1) is 0 Å². The van der Waals surface area contributed by atoms with Gasteiger partial charge in [-0.05, 0) is 6.92 Å². The third kappa shape index (κ3) is 3.35. The summed E-state index contributed by atoms with van der Waals surface area (Å²) in [7, 11) is 0. The minimum Gasteiger partial charge on any atom is -0.384 e. The number of aromatic amines is 2. The normalized spacial score (nSPS) is 11.1. The average molecular weight is 226 g/mol. The van der Waals surface area contributed by atoms with Crippen LogP contribution in [0.4, 0.5) is 5.82 Å². The molecule has 0 spiro atoms. The van der Waals surface area contributed by atoms with Crippen molar-refractivity contribution in [2.45, 2.75) is 6.92 Å². The molecule has 0 atom stereocenters. The number of ether oxygens (including phenoxy) is 1. The SMILES string of the molecule is CCOCCN=Cc1c(N)[nH]c(=O)[nH]c1=O. The fraction of sp³-hybridized carbons (Fsp3) is 0.444. The third-order valence-electron chi connectivity index (χ3n) is 1.80. The van der Waals surface area contributed by atoms with Gasteiger partial charge in [0.2, 0.25) is 0 Å². The van der Waals surface area contributed by atoms with Gasteiger partial charge in [0.1, 0.15) is 5.82 Å². The Morgan fingerprint density at radius 2 is 2.19 bits per heavy atom. The molecular weight excluding hydrogens is 212 g/mol. The molecule has 88 valence electrons. The summed E-state index contributed by atoms with van der Waals surface area (Å²) in [6.45, 7) is 3.42. The summed E-state index contributed by atoms with van der Waals surface area (Å²) >= 11 is 0. The predicted molar refractivity (Wildman–Crippen MR) is 61.0 cm³/mol. The number of nitrogens with one attached hydrogen (secondary N) is 2. The van der Waals surface area contributed by atoms with Crippen LogP contribution in [0.2, 0.25) is 0 Å². The molecule has 16 heavy (non-hydrogen) atoms. The molecular formula is C9H14N4O3. The highest BCUT2D eigenvalue weighted by Crippen LogP contribution is 1.93. The van der Waals surface area contributed by atoms with E-state index in [9.17, 15) is 9.59 Å². The monoisotopic (exact) mass is 226 g/mol. The highest BCUT2D eigenvalue weighted by atomic mass is 16.5. The lowest BCUT2D eigenvalue weighted by molar-refractivity contribution is 0.156. The van der Waals surface area contributed by atoms with Gasteiger partial charge in [-0.2, -0.15) is 0 Å². The zero-order valence-corrected chi connectivity index (χ0v) is 8.95. The van der Waals surface area contributed by atoms with Gasteiger partial charge in [-0.1, -0.05) is 0 Å². The van der Waals surface area contributed by atoms with Gasteiger partial charge in [-0.15, -0.1) is 0 Å². The van der Waals surface area contributed by atoms with Crippen LogP contribution in [0.1, 0.15) is 12.5 Å². The molecule has 0 amide bonds. The maximum absolute atomic E-state index is 11.3. The number of aromatic nitrogens is 2. The second-order valence-electron chi connectivity index (χ2n) is 2.97. The van der Waals surface area contributed by atoms with Gasteiger partial charge in [0.25, 0.3) is 5.56 Å². The minimum absolute atomic E-state index is 0.00825. The summed E-state index contributed by atoms with van der Waals surface area (Å²) in [5, 5.41) is 0. The summed E-state index contributed by atoms with van der Waals surface area (Å²) in [5.41, 5.74) is 4.43. The first-order valence-corrected chi connectivity index (χ1v) is 4.84. The number of H-pyrrole nitrogens is 2. The third-order valence-corrected chi connectivity index (χ3v) is 1.80. The summed E-state index contributed by atoms with van der Waals surface area (Å²) in [6.07, 6.45) is 1.32. The number of hydrogen-bond acceptors (Lipinski definition) is 5. The molecule has 0 saturated heterocycles. The number of nitrogens with zero attached hydrogens (tertiary/aromatic N) is 1. The van der Waals surface area contributed by atoms with Crippen LogP contribution < -0.4 is 17.0 Å². The smallest absolute Gasteiger partial charge is 0.327 e. The molecule has 0 radical (unpaired) electrons. The molecule has 1 aromatic rings. The van der Waals surface area contributed by atoms with Gasteiger partial charge in [0.15, 0.2) is 0 Å². The number of nitrogen functional groups attached to an aromatic ring is 1. The van der Waals surface area contributed by atoms with Crippen LogP contribution in [0.3, 0.4) is 0 Å². The molecule has 1 rings (SSSR count). The lowest BCUT2D eigenvalue weighted by atomic mass is 10.3. The minimum atomic E-state index is -0.631. The number of rotatable bonds is 5. The van der Waals surface area contributed by atoms with E-state index in [0.717, 1.165) is 0 Å². The highest BCUT2D eigenvalue weighted by Gasteiger charge is 2.02. The Kier molecular flexibility index (Phi) is 4.46. The summed E-state index contributed by atoms with van der Waals surface area (Å²) in [4.78, 5) is 30.4. The fourth-order valence-corrected chi connectivity index (χ4v) is 1.06. The number of aliphatic imine (C=N–C) groups is 1. The van der Waals surface area contributed by atoms with Crippen molar-refractivity contribution in [1.82, 2.24) is 9.97 Å². The topological polar surface area (TPSA) is 113 Å². The summed E-state index contributed by atoms with van der Waals surface area (Å²) in [5.74, 6) is 0.00825. The van der Waals surface area contributed by atoms with Crippen molar-refractivity contribution in [3.05, 3.63) is 26.4 Å². The molecule has 0 aliphatic heterocycles. The van der Waals surface area contributed by atoms with Crippen molar-refractivity contribution in [2.24, 2.45) is 4.99 Å². The van der Waals surface area contributed by atoms with Gasteiger partial charge in [-0.3, -0.25) is 19.8 Å². The van der Waals surface area contributed by atoms with Crippen LogP contribution in [0.25, 0.3) is 0 Å². The zero-order chi connectivity index (χ0) is 12.0. The van der Waals surface area contributed by atoms with E-state index in [1.54, 1.807) is 0 Å². The largest absolute Gasteiger partial charge is 0.384 e. The van der Waals surface area contributed by atoms with E-state index in [1.165, 1.54) is 6.21 Å². The van der Waals surface area contributed by atoms with Crippen LogP contribution in [-0.2, 0) is 4.74 Å². The molecule has 4 N–H and O–H groups in total. The summed E-state index contributed by atoms with van der Waals surface area (Å²) in [6, 6.07) is 0. The van der Waals surface area contributed by atoms with Crippen molar-refractivity contribution in [3.8, 4) is 0 Å². The van der Waals surface area contributed by atoms with E-state index >= 15 is 0 Å². The van der Waals surface area contributed by atoms with E-state index in [2.05, 4.69) is 15.0 Å². The Labute approximate surface area is 91.4 Å². The first-order chi connectivity index (χ1) is 7.65. The van der Waals surface area contributed by atoms with Crippen molar-refractivity contribution in [1.29, 1.82) is 0 Å². The second-order valence-corrected chi connectivity index (χ2v) is 2.97. The van der Waals surface area contributed by atoms with Crippen molar-refractivity contribution in [2.75, 3.05) is 25.5 Å². The number of anilines is 1. The van der Waals surface area contributed by atoms with E-state index < -0.39 is 11.2 Å². The van der Waals surface area contributed by atoms with Crippen molar-refractivity contribution < 1.29 is 4.74 Å². The Hall–Kier alpha value is -1.89. The first kappa shape index (κ1) is 12.2. The van der Waals surface area contributed by atoms with Gasteiger partial charge in [0, 0.05) is 12.8 Å². The van der Waals surface area contributed by atoms with Crippen LogP contribution in [-0.4, -0.2) is 35.9 Å². The van der Waals surface area contributed by atoms with E-state index in [4.69, 9.17) is 10.5 Å².